The number of alkyl halides is 3. The number of rotatable bonds is 2. The molecule has 2 aromatic rings. The number of carbonyl (C=O) groups excluding carboxylic acids is 1. The van der Waals surface area contributed by atoms with Crippen molar-refractivity contribution in [3.63, 3.8) is 0 Å². The third-order valence-corrected chi connectivity index (χ3v) is 3.09. The number of carbonyl (C=O) groups is 1. The summed E-state index contributed by atoms with van der Waals surface area (Å²) in [6.07, 6.45) is -4.39. The normalized spacial score (nSPS) is 13.9. The van der Waals surface area contributed by atoms with Crippen LogP contribution in [0, 0.1) is 0 Å². The van der Waals surface area contributed by atoms with Crippen LogP contribution in [0.3, 0.4) is 0 Å². The van der Waals surface area contributed by atoms with Crippen LogP contribution in [-0.4, -0.2) is 12.5 Å². The lowest BCUT2D eigenvalue weighted by molar-refractivity contribution is -0.137. The van der Waals surface area contributed by atoms with E-state index in [1.165, 1.54) is 12.1 Å². The van der Waals surface area contributed by atoms with E-state index in [0.29, 0.717) is 22.8 Å². The van der Waals surface area contributed by atoms with E-state index < -0.39 is 11.7 Å². The van der Waals surface area contributed by atoms with E-state index in [1.54, 1.807) is 18.2 Å². The van der Waals surface area contributed by atoms with Crippen LogP contribution in [0.15, 0.2) is 42.5 Å². The zero-order valence-corrected chi connectivity index (χ0v) is 11.2. The van der Waals surface area contributed by atoms with Crippen LogP contribution in [-0.2, 0) is 11.0 Å². The molecule has 0 radical (unpaired) electrons. The summed E-state index contributed by atoms with van der Waals surface area (Å²) < 4.78 is 43.3. The van der Waals surface area contributed by atoms with E-state index in [-0.39, 0.29) is 12.5 Å². The first-order valence-electron chi connectivity index (χ1n) is 6.43. The van der Waals surface area contributed by atoms with E-state index in [1.807, 2.05) is 0 Å². The molecule has 4 nitrogen and oxygen atoms in total. The molecule has 0 atom stereocenters. The maximum Gasteiger partial charge on any atom is 0.416 e. The summed E-state index contributed by atoms with van der Waals surface area (Å²) in [5.41, 5.74) is 0.689. The van der Waals surface area contributed by atoms with Gasteiger partial charge in [-0.1, -0.05) is 6.07 Å². The molecule has 1 aliphatic rings. The summed E-state index contributed by atoms with van der Waals surface area (Å²) >= 11 is 0. The van der Waals surface area contributed by atoms with Crippen molar-refractivity contribution in [2.45, 2.75) is 6.18 Å². The van der Waals surface area contributed by atoms with Crippen LogP contribution >= 0.6 is 0 Å². The van der Waals surface area contributed by atoms with Gasteiger partial charge in [0.2, 0.25) is 0 Å². The fourth-order valence-electron chi connectivity index (χ4n) is 2.09. The third kappa shape index (κ3) is 2.98. The van der Waals surface area contributed by atoms with Crippen molar-refractivity contribution in [2.75, 3.05) is 17.2 Å². The van der Waals surface area contributed by atoms with Crippen LogP contribution in [0.1, 0.15) is 5.56 Å². The number of nitrogens with one attached hydrogen (secondary N) is 2. The highest BCUT2D eigenvalue weighted by atomic mass is 19.4. The van der Waals surface area contributed by atoms with Crippen LogP contribution in [0.4, 0.5) is 30.2 Å². The highest BCUT2D eigenvalue weighted by Crippen LogP contribution is 2.34. The number of hydrogen-bond donors (Lipinski definition) is 2. The van der Waals surface area contributed by atoms with E-state index in [0.717, 1.165) is 12.1 Å². The topological polar surface area (TPSA) is 50.4 Å². The van der Waals surface area contributed by atoms with Crippen molar-refractivity contribution in [1.82, 2.24) is 0 Å². The summed E-state index contributed by atoms with van der Waals surface area (Å²) in [6, 6.07) is 9.81. The summed E-state index contributed by atoms with van der Waals surface area (Å²) in [6.45, 7) is -0.0833. The quantitative estimate of drug-likeness (QED) is 0.887. The van der Waals surface area contributed by atoms with Crippen LogP contribution in [0.2, 0.25) is 0 Å². The lowest BCUT2D eigenvalue weighted by Gasteiger charge is -2.19. The average Bonchev–Trinajstić information content (AvgIpc) is 2.47. The van der Waals surface area contributed by atoms with Crippen molar-refractivity contribution in [1.29, 1.82) is 0 Å². The molecule has 114 valence electrons. The number of benzene rings is 2. The van der Waals surface area contributed by atoms with Crippen molar-refractivity contribution < 1.29 is 22.7 Å². The molecule has 22 heavy (non-hydrogen) atoms. The summed E-state index contributed by atoms with van der Waals surface area (Å²) in [4.78, 5) is 11.2. The van der Waals surface area contributed by atoms with E-state index in [9.17, 15) is 18.0 Å². The molecule has 0 aromatic heterocycles. The van der Waals surface area contributed by atoms with Crippen LogP contribution < -0.4 is 15.4 Å². The fourth-order valence-corrected chi connectivity index (χ4v) is 2.09. The second-order valence-electron chi connectivity index (χ2n) is 4.75. The van der Waals surface area contributed by atoms with Gasteiger partial charge in [-0.2, -0.15) is 13.2 Å². The number of halogens is 3. The Kier molecular flexibility index (Phi) is 3.40. The molecule has 2 aromatic carbocycles. The van der Waals surface area contributed by atoms with Gasteiger partial charge in [-0.15, -0.1) is 0 Å². The minimum absolute atomic E-state index is 0.0833. The minimum Gasteiger partial charge on any atom is -0.482 e. The Morgan fingerprint density at radius 2 is 1.86 bits per heavy atom. The number of ether oxygens (including phenoxy) is 1. The highest BCUT2D eigenvalue weighted by Gasteiger charge is 2.30. The summed E-state index contributed by atoms with van der Waals surface area (Å²) in [5.74, 6) is 0.225. The Hall–Kier alpha value is -2.70. The molecule has 0 saturated heterocycles. The first-order chi connectivity index (χ1) is 10.4. The zero-order chi connectivity index (χ0) is 15.7. The first kappa shape index (κ1) is 14.2. The summed E-state index contributed by atoms with van der Waals surface area (Å²) in [5, 5.41) is 5.52. The van der Waals surface area contributed by atoms with Crippen LogP contribution in [0.25, 0.3) is 0 Å². The van der Waals surface area contributed by atoms with Crippen molar-refractivity contribution in [3.8, 4) is 5.75 Å². The monoisotopic (exact) mass is 308 g/mol. The SMILES string of the molecule is O=C1COc2cc(Nc3cccc(C(F)(F)F)c3)ccc2N1. The molecule has 1 heterocycles. The van der Waals surface area contributed by atoms with E-state index in [4.69, 9.17) is 4.74 Å². The van der Waals surface area contributed by atoms with Gasteiger partial charge >= 0.3 is 6.18 Å². The zero-order valence-electron chi connectivity index (χ0n) is 11.2. The molecule has 3 rings (SSSR count). The van der Waals surface area contributed by atoms with E-state index >= 15 is 0 Å². The summed E-state index contributed by atoms with van der Waals surface area (Å²) in [7, 11) is 0. The minimum atomic E-state index is -4.39. The number of amides is 1. The molecule has 0 saturated carbocycles. The van der Waals surface area contributed by atoms with E-state index in [2.05, 4.69) is 10.6 Å². The van der Waals surface area contributed by atoms with Gasteiger partial charge in [-0.05, 0) is 30.3 Å². The largest absolute Gasteiger partial charge is 0.482 e. The molecule has 1 aliphatic heterocycles. The number of fused-ring (bicyclic) bond motifs is 1. The standard InChI is InChI=1S/C15H11F3N2O2/c16-15(17,18)9-2-1-3-10(6-9)19-11-4-5-12-13(7-11)22-8-14(21)20-12/h1-7,19H,8H2,(H,20,21). The second kappa shape index (κ2) is 5.25. The predicted octanol–water partition coefficient (Wildman–Crippen LogP) is 3.78. The molecule has 0 unspecified atom stereocenters. The molecular weight excluding hydrogens is 297 g/mol. The number of anilines is 3. The average molecular weight is 308 g/mol. The van der Waals surface area contributed by atoms with Gasteiger partial charge in [-0.25, -0.2) is 0 Å². The maximum atomic E-state index is 12.7. The molecule has 1 amide bonds. The van der Waals surface area contributed by atoms with Gasteiger partial charge in [0.25, 0.3) is 5.91 Å². The molecular formula is C15H11F3N2O2. The number of hydrogen-bond acceptors (Lipinski definition) is 3. The Balaban J connectivity index is 1.83. The van der Waals surface area contributed by atoms with Crippen molar-refractivity contribution in [3.05, 3.63) is 48.0 Å². The van der Waals surface area contributed by atoms with Gasteiger partial charge in [-0.3, -0.25) is 4.79 Å². The Morgan fingerprint density at radius 3 is 2.64 bits per heavy atom. The highest BCUT2D eigenvalue weighted by molar-refractivity contribution is 5.95. The maximum absolute atomic E-state index is 12.7. The third-order valence-electron chi connectivity index (χ3n) is 3.09. The Bertz CT molecular complexity index is 729. The predicted molar refractivity (Wildman–Crippen MR) is 75.3 cm³/mol. The fraction of sp³-hybridized carbons (Fsp3) is 0.133. The lowest BCUT2D eigenvalue weighted by Crippen LogP contribution is -2.25. The van der Waals surface area contributed by atoms with Gasteiger partial charge in [0.15, 0.2) is 6.61 Å². The van der Waals surface area contributed by atoms with Crippen LogP contribution in [0.5, 0.6) is 5.75 Å². The van der Waals surface area contributed by atoms with Gasteiger partial charge in [0.05, 0.1) is 11.3 Å². The lowest BCUT2D eigenvalue weighted by atomic mass is 10.2. The smallest absolute Gasteiger partial charge is 0.416 e. The molecule has 7 heteroatoms. The molecule has 0 fully saturated rings. The molecule has 2 N–H and O–H groups in total. The van der Waals surface area contributed by atoms with Gasteiger partial charge in [0, 0.05) is 17.4 Å². The van der Waals surface area contributed by atoms with Crippen molar-refractivity contribution in [2.24, 2.45) is 0 Å². The molecule has 0 spiro atoms. The second-order valence-corrected chi connectivity index (χ2v) is 4.75. The molecule has 0 aliphatic carbocycles. The van der Waals surface area contributed by atoms with Gasteiger partial charge < -0.3 is 15.4 Å². The Labute approximate surface area is 123 Å². The van der Waals surface area contributed by atoms with Gasteiger partial charge in [0.1, 0.15) is 5.75 Å². The Morgan fingerprint density at radius 1 is 1.09 bits per heavy atom. The molecule has 0 bridgehead atoms. The first-order valence-corrected chi connectivity index (χ1v) is 6.43. The van der Waals surface area contributed by atoms with Crippen molar-refractivity contribution >= 4 is 23.0 Å².